The second kappa shape index (κ2) is 6.54. The van der Waals surface area contributed by atoms with Crippen molar-refractivity contribution in [1.29, 1.82) is 0 Å². The summed E-state index contributed by atoms with van der Waals surface area (Å²) < 4.78 is 5.77. The molecule has 0 spiro atoms. The highest BCUT2D eigenvalue weighted by molar-refractivity contribution is 5.44. The van der Waals surface area contributed by atoms with E-state index in [1.807, 2.05) is 6.92 Å². The van der Waals surface area contributed by atoms with Gasteiger partial charge in [0.25, 0.3) is 0 Å². The molecule has 2 rings (SSSR count). The van der Waals surface area contributed by atoms with Crippen LogP contribution < -0.4 is 11.1 Å². The second-order valence-electron chi connectivity index (χ2n) is 4.65. The maximum absolute atomic E-state index is 5.77. The Kier molecular flexibility index (Phi) is 4.75. The minimum atomic E-state index is 0.466. The molecule has 0 amide bonds. The van der Waals surface area contributed by atoms with Gasteiger partial charge < -0.3 is 15.8 Å². The van der Waals surface area contributed by atoms with Crippen molar-refractivity contribution in [3.05, 3.63) is 11.9 Å². The molecule has 0 aromatic carbocycles. The Hall–Kier alpha value is -1.36. The molecule has 0 bridgehead atoms. The predicted octanol–water partition coefficient (Wildman–Crippen LogP) is 1.99. The van der Waals surface area contributed by atoms with E-state index in [1.165, 1.54) is 25.7 Å². The Labute approximate surface area is 108 Å². The number of anilines is 2. The highest BCUT2D eigenvalue weighted by Crippen LogP contribution is 2.20. The summed E-state index contributed by atoms with van der Waals surface area (Å²) in [4.78, 5) is 8.50. The van der Waals surface area contributed by atoms with E-state index in [2.05, 4.69) is 15.3 Å². The van der Waals surface area contributed by atoms with Crippen LogP contribution in [0.15, 0.2) is 6.07 Å². The number of rotatable bonds is 6. The molecule has 1 aliphatic rings. The number of nitrogens with zero attached hydrogens (tertiary/aromatic N) is 2. The van der Waals surface area contributed by atoms with Gasteiger partial charge in [-0.15, -0.1) is 0 Å². The second-order valence-corrected chi connectivity index (χ2v) is 4.65. The molecule has 0 radical (unpaired) electrons. The molecule has 100 valence electrons. The average molecular weight is 250 g/mol. The molecule has 0 aliphatic heterocycles. The number of nitrogens with one attached hydrogen (secondary N) is 1. The summed E-state index contributed by atoms with van der Waals surface area (Å²) in [5.41, 5.74) is 5.72. The first-order valence-electron chi connectivity index (χ1n) is 6.77. The molecule has 1 aromatic heterocycles. The van der Waals surface area contributed by atoms with Crippen LogP contribution in [-0.4, -0.2) is 29.2 Å². The molecule has 1 aromatic rings. The van der Waals surface area contributed by atoms with E-state index < -0.39 is 0 Å². The lowest BCUT2D eigenvalue weighted by atomic mass is 10.3. The lowest BCUT2D eigenvalue weighted by molar-refractivity contribution is 0.0658. The summed E-state index contributed by atoms with van der Waals surface area (Å²) in [6.07, 6.45) is 6.29. The normalized spacial score (nSPS) is 16.1. The van der Waals surface area contributed by atoms with Crippen LogP contribution in [0.2, 0.25) is 0 Å². The third-order valence-corrected chi connectivity index (χ3v) is 3.17. The van der Waals surface area contributed by atoms with Crippen molar-refractivity contribution in [1.82, 2.24) is 9.97 Å². The molecule has 0 atom stereocenters. The van der Waals surface area contributed by atoms with Crippen LogP contribution >= 0.6 is 0 Å². The van der Waals surface area contributed by atoms with Crippen LogP contribution in [-0.2, 0) is 11.2 Å². The molecule has 1 aliphatic carbocycles. The topological polar surface area (TPSA) is 73.1 Å². The van der Waals surface area contributed by atoms with Crippen LogP contribution in [0.1, 0.15) is 38.4 Å². The molecule has 3 N–H and O–H groups in total. The summed E-state index contributed by atoms with van der Waals surface area (Å²) >= 11 is 0. The lowest BCUT2D eigenvalue weighted by Crippen LogP contribution is -2.16. The zero-order valence-corrected chi connectivity index (χ0v) is 11.0. The molecule has 5 nitrogen and oxygen atoms in total. The summed E-state index contributed by atoms with van der Waals surface area (Å²) in [6, 6.07) is 1.76. The minimum absolute atomic E-state index is 0.466. The van der Waals surface area contributed by atoms with Crippen LogP contribution in [0, 0.1) is 0 Å². The first-order valence-corrected chi connectivity index (χ1v) is 6.77. The number of aromatic nitrogens is 2. The van der Waals surface area contributed by atoms with Gasteiger partial charge in [-0.1, -0.05) is 19.8 Å². The van der Waals surface area contributed by atoms with Crippen molar-refractivity contribution in [3.8, 4) is 0 Å². The fraction of sp³-hybridized carbons (Fsp3) is 0.692. The zero-order valence-electron chi connectivity index (χ0n) is 11.0. The first-order chi connectivity index (χ1) is 8.78. The Morgan fingerprint density at radius 1 is 1.39 bits per heavy atom. The molecule has 0 unspecified atom stereocenters. The van der Waals surface area contributed by atoms with Crippen LogP contribution in [0.4, 0.5) is 11.6 Å². The van der Waals surface area contributed by atoms with Gasteiger partial charge in [-0.3, -0.25) is 0 Å². The lowest BCUT2D eigenvalue weighted by Gasteiger charge is -2.12. The molecule has 1 saturated carbocycles. The van der Waals surface area contributed by atoms with Crippen molar-refractivity contribution < 1.29 is 4.74 Å². The van der Waals surface area contributed by atoms with Crippen molar-refractivity contribution in [2.45, 2.75) is 45.1 Å². The largest absolute Gasteiger partial charge is 0.384 e. The number of hydrogen-bond acceptors (Lipinski definition) is 5. The van der Waals surface area contributed by atoms with Crippen molar-refractivity contribution in [2.24, 2.45) is 0 Å². The molecule has 18 heavy (non-hydrogen) atoms. The van der Waals surface area contributed by atoms with E-state index in [-0.39, 0.29) is 0 Å². The number of nitrogen functional groups attached to an aromatic ring is 1. The molecule has 1 fully saturated rings. The minimum Gasteiger partial charge on any atom is -0.384 e. The van der Waals surface area contributed by atoms with Gasteiger partial charge >= 0.3 is 0 Å². The van der Waals surface area contributed by atoms with Crippen molar-refractivity contribution >= 4 is 11.6 Å². The first kappa shape index (κ1) is 13.1. The van der Waals surface area contributed by atoms with E-state index in [0.717, 1.165) is 31.2 Å². The summed E-state index contributed by atoms with van der Waals surface area (Å²) in [5.74, 6) is 2.07. The van der Waals surface area contributed by atoms with Crippen molar-refractivity contribution in [3.63, 3.8) is 0 Å². The fourth-order valence-electron chi connectivity index (χ4n) is 2.23. The van der Waals surface area contributed by atoms with Gasteiger partial charge in [-0.2, -0.15) is 0 Å². The number of nitrogens with two attached hydrogens (primary N) is 1. The predicted molar refractivity (Wildman–Crippen MR) is 72.5 cm³/mol. The maximum Gasteiger partial charge on any atom is 0.132 e. The smallest absolute Gasteiger partial charge is 0.132 e. The highest BCUT2D eigenvalue weighted by Gasteiger charge is 2.14. The van der Waals surface area contributed by atoms with Crippen LogP contribution in [0.25, 0.3) is 0 Å². The van der Waals surface area contributed by atoms with Gasteiger partial charge in [-0.05, 0) is 12.8 Å². The molecule has 0 saturated heterocycles. The standard InChI is InChI=1S/C13H22N4O/c1-2-12-16-11(14)9-13(17-12)15-7-8-18-10-5-3-4-6-10/h9-10H,2-8H2,1H3,(H3,14,15,16,17). The third-order valence-electron chi connectivity index (χ3n) is 3.17. The van der Waals surface area contributed by atoms with Gasteiger partial charge in [0.05, 0.1) is 12.7 Å². The zero-order chi connectivity index (χ0) is 12.8. The maximum atomic E-state index is 5.77. The quantitative estimate of drug-likeness (QED) is 0.755. The van der Waals surface area contributed by atoms with Crippen molar-refractivity contribution in [2.75, 3.05) is 24.2 Å². The van der Waals surface area contributed by atoms with E-state index >= 15 is 0 Å². The van der Waals surface area contributed by atoms with Gasteiger partial charge in [0.2, 0.25) is 0 Å². The monoisotopic (exact) mass is 250 g/mol. The third kappa shape index (κ3) is 3.84. The Morgan fingerprint density at radius 3 is 2.89 bits per heavy atom. The van der Waals surface area contributed by atoms with Gasteiger partial charge in [-0.25, -0.2) is 9.97 Å². The van der Waals surface area contributed by atoms with Gasteiger partial charge in [0.1, 0.15) is 17.5 Å². The van der Waals surface area contributed by atoms with E-state index in [0.29, 0.717) is 11.9 Å². The Balaban J connectivity index is 1.73. The van der Waals surface area contributed by atoms with Crippen LogP contribution in [0.5, 0.6) is 0 Å². The van der Waals surface area contributed by atoms with Gasteiger partial charge in [0, 0.05) is 19.0 Å². The summed E-state index contributed by atoms with van der Waals surface area (Å²) in [7, 11) is 0. The van der Waals surface area contributed by atoms with Crippen LogP contribution in [0.3, 0.4) is 0 Å². The van der Waals surface area contributed by atoms with Gasteiger partial charge in [0.15, 0.2) is 0 Å². The van der Waals surface area contributed by atoms with E-state index in [9.17, 15) is 0 Å². The summed E-state index contributed by atoms with van der Waals surface area (Å²) in [5, 5.41) is 3.23. The number of ether oxygens (including phenoxy) is 1. The number of hydrogen-bond donors (Lipinski definition) is 2. The molecule has 1 heterocycles. The highest BCUT2D eigenvalue weighted by atomic mass is 16.5. The fourth-order valence-corrected chi connectivity index (χ4v) is 2.23. The van der Waals surface area contributed by atoms with E-state index in [4.69, 9.17) is 10.5 Å². The number of aryl methyl sites for hydroxylation is 1. The average Bonchev–Trinajstić information content (AvgIpc) is 2.87. The molecular formula is C13H22N4O. The molecule has 5 heteroatoms. The molecular weight excluding hydrogens is 228 g/mol. The van der Waals surface area contributed by atoms with E-state index in [1.54, 1.807) is 6.07 Å². The Morgan fingerprint density at radius 2 is 2.17 bits per heavy atom. The summed E-state index contributed by atoms with van der Waals surface area (Å²) in [6.45, 7) is 3.49. The Bertz CT molecular complexity index is 377. The SMILES string of the molecule is CCc1nc(N)cc(NCCOC2CCCC2)n1.